The van der Waals surface area contributed by atoms with E-state index in [0.29, 0.717) is 42.6 Å². The fourth-order valence-electron chi connectivity index (χ4n) is 2.64. The van der Waals surface area contributed by atoms with Crippen molar-refractivity contribution in [1.29, 1.82) is 0 Å². The van der Waals surface area contributed by atoms with Gasteiger partial charge in [0.2, 0.25) is 11.7 Å². The van der Waals surface area contributed by atoms with E-state index in [9.17, 15) is 8.78 Å². The van der Waals surface area contributed by atoms with Crippen LogP contribution in [0.15, 0.2) is 53.1 Å². The molecule has 0 amide bonds. The van der Waals surface area contributed by atoms with E-state index >= 15 is 0 Å². The number of hydrogen-bond donors (Lipinski definition) is 0. The lowest BCUT2D eigenvalue weighted by atomic mass is 10.2. The summed E-state index contributed by atoms with van der Waals surface area (Å²) in [7, 11) is 3.47. The molecule has 0 bridgehead atoms. The molecule has 0 radical (unpaired) electrons. The van der Waals surface area contributed by atoms with Gasteiger partial charge in [0.15, 0.2) is 11.5 Å². The second kappa shape index (κ2) is 9.83. The standard InChI is InChI=1S/C20H21F2N3O4/c1-25(11-12-27-17-10-6-5-9-16(17)26-2)13-18-23-19(24-29-18)14-7-3-4-8-15(14)28-20(21)22/h3-10,20H,11-13H2,1-2H3. The van der Waals surface area contributed by atoms with Crippen LogP contribution >= 0.6 is 0 Å². The van der Waals surface area contributed by atoms with Crippen LogP contribution in [0.3, 0.4) is 0 Å². The summed E-state index contributed by atoms with van der Waals surface area (Å²) in [5.74, 6) is 1.87. The molecular formula is C20H21F2N3O4. The largest absolute Gasteiger partial charge is 0.493 e. The number of nitrogens with zero attached hydrogens (tertiary/aromatic N) is 3. The van der Waals surface area contributed by atoms with Crippen LogP contribution in [0.5, 0.6) is 17.2 Å². The maximum absolute atomic E-state index is 12.6. The summed E-state index contributed by atoms with van der Waals surface area (Å²) in [6.07, 6.45) is 0. The quantitative estimate of drug-likeness (QED) is 0.507. The topological polar surface area (TPSA) is 69.9 Å². The zero-order valence-electron chi connectivity index (χ0n) is 16.0. The molecule has 0 saturated carbocycles. The predicted molar refractivity (Wildman–Crippen MR) is 101 cm³/mol. The lowest BCUT2D eigenvalue weighted by Crippen LogP contribution is -2.24. The Labute approximate surface area is 166 Å². The number of methoxy groups -OCH3 is 1. The van der Waals surface area contributed by atoms with E-state index in [4.69, 9.17) is 14.0 Å². The highest BCUT2D eigenvalue weighted by Crippen LogP contribution is 2.29. The number of para-hydroxylation sites is 3. The maximum atomic E-state index is 12.6. The summed E-state index contributed by atoms with van der Waals surface area (Å²) in [6, 6.07) is 13.7. The predicted octanol–water partition coefficient (Wildman–Crippen LogP) is 3.86. The molecule has 7 nitrogen and oxygen atoms in total. The van der Waals surface area contributed by atoms with Gasteiger partial charge in [-0.25, -0.2) is 0 Å². The van der Waals surface area contributed by atoms with Crippen LogP contribution in [0.1, 0.15) is 5.89 Å². The Hall–Kier alpha value is -3.20. The first-order valence-corrected chi connectivity index (χ1v) is 8.88. The number of benzene rings is 2. The van der Waals surface area contributed by atoms with Gasteiger partial charge in [-0.1, -0.05) is 29.4 Å². The van der Waals surface area contributed by atoms with Crippen LogP contribution in [0.25, 0.3) is 11.4 Å². The molecule has 29 heavy (non-hydrogen) atoms. The lowest BCUT2D eigenvalue weighted by Gasteiger charge is -2.15. The molecule has 1 aromatic heterocycles. The molecule has 0 atom stereocenters. The molecule has 0 N–H and O–H groups in total. The van der Waals surface area contributed by atoms with Crippen molar-refractivity contribution < 1.29 is 27.5 Å². The lowest BCUT2D eigenvalue weighted by molar-refractivity contribution is -0.0494. The van der Waals surface area contributed by atoms with Crippen molar-refractivity contribution in [2.24, 2.45) is 0 Å². The molecule has 154 valence electrons. The maximum Gasteiger partial charge on any atom is 0.387 e. The van der Waals surface area contributed by atoms with Crippen LogP contribution in [0, 0.1) is 0 Å². The van der Waals surface area contributed by atoms with Gasteiger partial charge in [-0.15, -0.1) is 0 Å². The Bertz CT molecular complexity index is 920. The Morgan fingerprint density at radius 1 is 1.03 bits per heavy atom. The first-order chi connectivity index (χ1) is 14.1. The van der Waals surface area contributed by atoms with E-state index in [-0.39, 0.29) is 11.6 Å². The van der Waals surface area contributed by atoms with Crippen molar-refractivity contribution >= 4 is 0 Å². The zero-order chi connectivity index (χ0) is 20.6. The van der Waals surface area contributed by atoms with Gasteiger partial charge in [0, 0.05) is 6.54 Å². The number of rotatable bonds is 10. The Balaban J connectivity index is 1.56. The summed E-state index contributed by atoms with van der Waals surface area (Å²) in [5.41, 5.74) is 0.338. The molecule has 0 fully saturated rings. The Kier molecular flexibility index (Phi) is 6.96. The van der Waals surface area contributed by atoms with E-state index in [1.807, 2.05) is 36.2 Å². The molecule has 3 aromatic rings. The minimum Gasteiger partial charge on any atom is -0.493 e. The van der Waals surface area contributed by atoms with Gasteiger partial charge in [0.1, 0.15) is 12.4 Å². The van der Waals surface area contributed by atoms with Gasteiger partial charge in [-0.2, -0.15) is 13.8 Å². The minimum atomic E-state index is -2.93. The molecule has 2 aromatic carbocycles. The fraction of sp³-hybridized carbons (Fsp3) is 0.300. The molecule has 0 aliphatic rings. The van der Waals surface area contributed by atoms with E-state index in [0.717, 1.165) is 0 Å². The van der Waals surface area contributed by atoms with Crippen molar-refractivity contribution in [3.05, 3.63) is 54.4 Å². The Morgan fingerprint density at radius 2 is 1.72 bits per heavy atom. The number of ether oxygens (including phenoxy) is 3. The molecule has 0 spiro atoms. The summed E-state index contributed by atoms with van der Waals surface area (Å²) >= 11 is 0. The molecule has 3 rings (SSSR count). The third kappa shape index (κ3) is 5.64. The molecule has 0 unspecified atom stereocenters. The van der Waals surface area contributed by atoms with E-state index < -0.39 is 6.61 Å². The van der Waals surface area contributed by atoms with Crippen LogP contribution < -0.4 is 14.2 Å². The number of likely N-dealkylation sites (N-methyl/N-ethyl adjacent to an activating group) is 1. The van der Waals surface area contributed by atoms with Crippen LogP contribution in [-0.2, 0) is 6.54 Å². The number of halogens is 2. The molecule has 0 aliphatic heterocycles. The Morgan fingerprint density at radius 3 is 2.45 bits per heavy atom. The van der Waals surface area contributed by atoms with Gasteiger partial charge in [0.25, 0.3) is 0 Å². The zero-order valence-corrected chi connectivity index (χ0v) is 16.0. The molecule has 9 heteroatoms. The van der Waals surface area contributed by atoms with Crippen molar-refractivity contribution in [3.63, 3.8) is 0 Å². The highest BCUT2D eigenvalue weighted by atomic mass is 19.3. The second-order valence-corrected chi connectivity index (χ2v) is 6.12. The average Bonchev–Trinajstić information content (AvgIpc) is 3.16. The van der Waals surface area contributed by atoms with Crippen LogP contribution in [0.2, 0.25) is 0 Å². The van der Waals surface area contributed by atoms with Crippen molar-refractivity contribution in [2.45, 2.75) is 13.2 Å². The van der Waals surface area contributed by atoms with Gasteiger partial charge in [0.05, 0.1) is 19.2 Å². The van der Waals surface area contributed by atoms with E-state index in [1.165, 1.54) is 6.07 Å². The van der Waals surface area contributed by atoms with Gasteiger partial charge >= 0.3 is 6.61 Å². The molecule has 0 aliphatic carbocycles. The highest BCUT2D eigenvalue weighted by Gasteiger charge is 2.16. The number of hydrogen-bond acceptors (Lipinski definition) is 7. The van der Waals surface area contributed by atoms with E-state index in [1.54, 1.807) is 25.3 Å². The molecule has 1 heterocycles. The highest BCUT2D eigenvalue weighted by molar-refractivity contribution is 5.63. The minimum absolute atomic E-state index is 0.00610. The van der Waals surface area contributed by atoms with E-state index in [2.05, 4.69) is 14.9 Å². The average molecular weight is 405 g/mol. The van der Waals surface area contributed by atoms with Crippen LogP contribution in [-0.4, -0.2) is 49.0 Å². The van der Waals surface area contributed by atoms with Crippen LogP contribution in [0.4, 0.5) is 8.78 Å². The number of aromatic nitrogens is 2. The first kappa shape index (κ1) is 20.5. The SMILES string of the molecule is COc1ccccc1OCCN(C)Cc1nc(-c2ccccc2OC(F)F)no1. The van der Waals surface area contributed by atoms with Gasteiger partial charge in [-0.3, -0.25) is 4.90 Å². The fourth-order valence-corrected chi connectivity index (χ4v) is 2.64. The molecule has 0 saturated heterocycles. The smallest absolute Gasteiger partial charge is 0.387 e. The normalized spacial score (nSPS) is 11.1. The number of alkyl halides is 2. The van der Waals surface area contributed by atoms with Gasteiger partial charge in [-0.05, 0) is 31.3 Å². The third-order valence-electron chi connectivity index (χ3n) is 4.02. The monoisotopic (exact) mass is 405 g/mol. The van der Waals surface area contributed by atoms with Gasteiger partial charge < -0.3 is 18.7 Å². The summed E-state index contributed by atoms with van der Waals surface area (Å²) in [5, 5.41) is 3.87. The van der Waals surface area contributed by atoms with Crippen molar-refractivity contribution in [1.82, 2.24) is 15.0 Å². The molecular weight excluding hydrogens is 384 g/mol. The summed E-state index contributed by atoms with van der Waals surface area (Å²) in [6.45, 7) is -1.53. The summed E-state index contributed by atoms with van der Waals surface area (Å²) < 4.78 is 45.9. The second-order valence-electron chi connectivity index (χ2n) is 6.12. The first-order valence-electron chi connectivity index (χ1n) is 8.88. The van der Waals surface area contributed by atoms with Crippen molar-refractivity contribution in [2.75, 3.05) is 27.3 Å². The summed E-state index contributed by atoms with van der Waals surface area (Å²) in [4.78, 5) is 6.22. The third-order valence-corrected chi connectivity index (χ3v) is 4.02. The van der Waals surface area contributed by atoms with Crippen molar-refractivity contribution in [3.8, 4) is 28.6 Å².